The van der Waals surface area contributed by atoms with E-state index in [1.165, 1.54) is 25.0 Å². The van der Waals surface area contributed by atoms with Gasteiger partial charge in [0.1, 0.15) is 0 Å². The van der Waals surface area contributed by atoms with Crippen molar-refractivity contribution in [1.29, 1.82) is 0 Å². The highest BCUT2D eigenvalue weighted by molar-refractivity contribution is 5.30. The molecule has 16 heavy (non-hydrogen) atoms. The summed E-state index contributed by atoms with van der Waals surface area (Å²) in [7, 11) is 0. The van der Waals surface area contributed by atoms with Crippen LogP contribution in [0.25, 0.3) is 0 Å². The molecule has 0 radical (unpaired) electrons. The maximum atomic E-state index is 6.25. The quantitative estimate of drug-likeness (QED) is 0.706. The van der Waals surface area contributed by atoms with E-state index in [0.717, 1.165) is 5.92 Å². The molecule has 1 heterocycles. The van der Waals surface area contributed by atoms with Crippen molar-refractivity contribution in [2.75, 3.05) is 0 Å². The second-order valence-corrected chi connectivity index (χ2v) is 5.53. The van der Waals surface area contributed by atoms with Crippen LogP contribution < -0.4 is 11.1 Å². The molecule has 2 heteroatoms. The Balaban J connectivity index is 1.97. The SMILES string of the molecule is CC1(C2=CC=CC=CN2)C2CCC1C(N)C2. The number of fused-ring (bicyclic) bond motifs is 2. The van der Waals surface area contributed by atoms with Gasteiger partial charge in [-0.3, -0.25) is 0 Å². The van der Waals surface area contributed by atoms with Crippen molar-refractivity contribution in [3.05, 3.63) is 36.2 Å². The molecule has 2 bridgehead atoms. The number of rotatable bonds is 1. The van der Waals surface area contributed by atoms with Crippen molar-refractivity contribution < 1.29 is 0 Å². The van der Waals surface area contributed by atoms with Crippen LogP contribution in [0.4, 0.5) is 0 Å². The molecule has 0 spiro atoms. The molecule has 86 valence electrons. The van der Waals surface area contributed by atoms with Gasteiger partial charge in [-0.2, -0.15) is 0 Å². The first kappa shape index (κ1) is 10.2. The lowest BCUT2D eigenvalue weighted by Crippen LogP contribution is -2.35. The zero-order valence-corrected chi connectivity index (χ0v) is 9.82. The monoisotopic (exact) mass is 216 g/mol. The molecule has 2 aliphatic carbocycles. The minimum atomic E-state index is 0.276. The number of nitrogens with one attached hydrogen (secondary N) is 1. The number of hydrogen-bond donors (Lipinski definition) is 2. The third-order valence-corrected chi connectivity index (χ3v) is 4.92. The standard InChI is InChI=1S/C14H20N2/c1-14(13-5-3-2-4-8-16-13)10-6-7-11(14)12(15)9-10/h2-5,8,10-12,16H,6-7,9,15H2,1H3. The molecule has 4 unspecified atom stereocenters. The summed E-state index contributed by atoms with van der Waals surface area (Å²) in [5.41, 5.74) is 7.89. The lowest BCUT2D eigenvalue weighted by molar-refractivity contribution is 0.269. The normalized spacial score (nSPS) is 45.4. The second kappa shape index (κ2) is 3.49. The van der Waals surface area contributed by atoms with Gasteiger partial charge in [-0.05, 0) is 43.3 Å². The smallest absolute Gasteiger partial charge is 0.0212 e. The third kappa shape index (κ3) is 1.23. The minimum absolute atomic E-state index is 0.276. The minimum Gasteiger partial charge on any atom is -0.365 e. The fraction of sp³-hybridized carbons (Fsp3) is 0.571. The predicted octanol–water partition coefficient (Wildman–Crippen LogP) is 2.31. The van der Waals surface area contributed by atoms with Crippen molar-refractivity contribution in [2.45, 2.75) is 32.2 Å². The molecular formula is C14H20N2. The maximum Gasteiger partial charge on any atom is 0.0212 e. The van der Waals surface area contributed by atoms with Gasteiger partial charge in [0, 0.05) is 23.4 Å². The first-order chi connectivity index (χ1) is 7.73. The molecule has 2 nitrogen and oxygen atoms in total. The topological polar surface area (TPSA) is 38.0 Å². The van der Waals surface area contributed by atoms with Crippen molar-refractivity contribution in [1.82, 2.24) is 5.32 Å². The highest BCUT2D eigenvalue weighted by Crippen LogP contribution is 2.60. The molecule has 3 rings (SSSR count). The lowest BCUT2D eigenvalue weighted by atomic mass is 9.76. The molecule has 0 amide bonds. The molecule has 2 fully saturated rings. The predicted molar refractivity (Wildman–Crippen MR) is 66.4 cm³/mol. The van der Waals surface area contributed by atoms with Gasteiger partial charge in [0.2, 0.25) is 0 Å². The Morgan fingerprint density at radius 2 is 2.19 bits per heavy atom. The largest absolute Gasteiger partial charge is 0.365 e. The van der Waals surface area contributed by atoms with Gasteiger partial charge in [0.15, 0.2) is 0 Å². The summed E-state index contributed by atoms with van der Waals surface area (Å²) in [6.45, 7) is 2.40. The second-order valence-electron chi connectivity index (χ2n) is 5.53. The van der Waals surface area contributed by atoms with Gasteiger partial charge >= 0.3 is 0 Å². The van der Waals surface area contributed by atoms with Crippen LogP contribution in [0.2, 0.25) is 0 Å². The summed E-state index contributed by atoms with van der Waals surface area (Å²) in [5, 5.41) is 3.45. The Morgan fingerprint density at radius 1 is 1.31 bits per heavy atom. The molecular weight excluding hydrogens is 196 g/mol. The van der Waals surface area contributed by atoms with E-state index in [2.05, 4.69) is 30.5 Å². The Bertz CT molecular complexity index is 380. The first-order valence-corrected chi connectivity index (χ1v) is 6.29. The summed E-state index contributed by atoms with van der Waals surface area (Å²) in [6, 6.07) is 0.405. The van der Waals surface area contributed by atoms with Crippen LogP contribution in [0.15, 0.2) is 36.2 Å². The van der Waals surface area contributed by atoms with Crippen LogP contribution >= 0.6 is 0 Å². The number of allylic oxidation sites excluding steroid dienone is 5. The number of nitrogens with two attached hydrogens (primary N) is 1. The maximum absolute atomic E-state index is 6.25. The molecule has 0 aromatic heterocycles. The van der Waals surface area contributed by atoms with Crippen LogP contribution in [-0.4, -0.2) is 6.04 Å². The average Bonchev–Trinajstić information content (AvgIpc) is 2.64. The van der Waals surface area contributed by atoms with Gasteiger partial charge in [0.25, 0.3) is 0 Å². The van der Waals surface area contributed by atoms with Crippen LogP contribution in [0.3, 0.4) is 0 Å². The molecule has 4 atom stereocenters. The van der Waals surface area contributed by atoms with E-state index in [-0.39, 0.29) is 5.41 Å². The summed E-state index contributed by atoms with van der Waals surface area (Å²) < 4.78 is 0. The Kier molecular flexibility index (Phi) is 2.21. The third-order valence-electron chi connectivity index (χ3n) is 4.92. The molecule has 3 N–H and O–H groups in total. The van der Waals surface area contributed by atoms with Crippen LogP contribution in [0.1, 0.15) is 26.2 Å². The van der Waals surface area contributed by atoms with E-state index in [1.54, 1.807) is 0 Å². The average molecular weight is 216 g/mol. The summed E-state index contributed by atoms with van der Waals surface area (Å²) >= 11 is 0. The van der Waals surface area contributed by atoms with Crippen LogP contribution in [-0.2, 0) is 0 Å². The Hall–Kier alpha value is -1.02. The molecule has 0 aromatic rings. The summed E-state index contributed by atoms with van der Waals surface area (Å²) in [5.74, 6) is 1.43. The van der Waals surface area contributed by atoms with Crippen molar-refractivity contribution >= 4 is 0 Å². The molecule has 2 saturated carbocycles. The Morgan fingerprint density at radius 3 is 2.88 bits per heavy atom. The lowest BCUT2D eigenvalue weighted by Gasteiger charge is -2.33. The van der Waals surface area contributed by atoms with E-state index in [0.29, 0.717) is 12.0 Å². The van der Waals surface area contributed by atoms with Crippen molar-refractivity contribution in [3.63, 3.8) is 0 Å². The highest BCUT2D eigenvalue weighted by atomic mass is 14.9. The van der Waals surface area contributed by atoms with Gasteiger partial charge in [-0.15, -0.1) is 0 Å². The van der Waals surface area contributed by atoms with Crippen LogP contribution in [0, 0.1) is 17.3 Å². The van der Waals surface area contributed by atoms with E-state index in [4.69, 9.17) is 5.73 Å². The fourth-order valence-electron chi connectivity index (χ4n) is 4.01. The van der Waals surface area contributed by atoms with Gasteiger partial charge in [-0.25, -0.2) is 0 Å². The van der Waals surface area contributed by atoms with Crippen molar-refractivity contribution in [2.24, 2.45) is 23.0 Å². The van der Waals surface area contributed by atoms with E-state index in [9.17, 15) is 0 Å². The molecule has 0 saturated heterocycles. The summed E-state index contributed by atoms with van der Waals surface area (Å²) in [4.78, 5) is 0. The van der Waals surface area contributed by atoms with E-state index >= 15 is 0 Å². The highest BCUT2D eigenvalue weighted by Gasteiger charge is 2.56. The molecule has 0 aromatic carbocycles. The zero-order valence-electron chi connectivity index (χ0n) is 9.82. The first-order valence-electron chi connectivity index (χ1n) is 6.29. The Labute approximate surface area is 97.3 Å². The molecule has 3 aliphatic rings. The van der Waals surface area contributed by atoms with Gasteiger partial charge < -0.3 is 11.1 Å². The van der Waals surface area contributed by atoms with Gasteiger partial charge in [-0.1, -0.05) is 19.1 Å². The zero-order chi connectivity index (χ0) is 11.2. The van der Waals surface area contributed by atoms with Crippen molar-refractivity contribution in [3.8, 4) is 0 Å². The fourth-order valence-corrected chi connectivity index (χ4v) is 4.01. The van der Waals surface area contributed by atoms with E-state index < -0.39 is 0 Å². The number of hydrogen-bond acceptors (Lipinski definition) is 2. The summed E-state index contributed by atoms with van der Waals surface area (Å²) in [6.07, 6.45) is 14.3. The van der Waals surface area contributed by atoms with Gasteiger partial charge in [0.05, 0.1) is 0 Å². The molecule has 1 aliphatic heterocycles. The van der Waals surface area contributed by atoms with E-state index in [1.807, 2.05) is 12.3 Å². The van der Waals surface area contributed by atoms with Crippen LogP contribution in [0.5, 0.6) is 0 Å².